The van der Waals surface area contributed by atoms with Crippen molar-refractivity contribution in [3.05, 3.63) is 35.5 Å². The first-order valence-electron chi connectivity index (χ1n) is 15.2. The molecule has 0 radical (unpaired) electrons. The monoisotopic (exact) mass is 550 g/mol. The van der Waals surface area contributed by atoms with Crippen molar-refractivity contribution in [3.8, 4) is 0 Å². The molecule has 6 heteroatoms. The Bertz CT molecular complexity index is 926. The van der Waals surface area contributed by atoms with Crippen molar-refractivity contribution in [2.75, 3.05) is 27.7 Å². The predicted molar refractivity (Wildman–Crippen MR) is 158 cm³/mol. The lowest BCUT2D eigenvalue weighted by atomic mass is 9.60. The van der Waals surface area contributed by atoms with E-state index in [0.29, 0.717) is 22.4 Å². The molecule has 3 fully saturated rings. The average Bonchev–Trinajstić information content (AvgIpc) is 3.13. The van der Waals surface area contributed by atoms with Crippen LogP contribution in [0.3, 0.4) is 0 Å². The van der Waals surface area contributed by atoms with Crippen LogP contribution in [-0.4, -0.2) is 48.1 Å². The first kappa shape index (κ1) is 31.8. The summed E-state index contributed by atoms with van der Waals surface area (Å²) in [5, 5.41) is 0. The Hall–Kier alpha value is -0.710. The quantitative estimate of drug-likeness (QED) is 0.202. The van der Waals surface area contributed by atoms with Gasteiger partial charge in [-0.1, -0.05) is 76.8 Å². The van der Waals surface area contributed by atoms with Crippen LogP contribution in [-0.2, 0) is 9.09 Å². The van der Waals surface area contributed by atoms with E-state index in [1.165, 1.54) is 62.5 Å². The average molecular weight is 551 g/mol. The topological polar surface area (TPSA) is 66.8 Å². The van der Waals surface area contributed by atoms with Crippen LogP contribution in [0, 0.1) is 35.0 Å². The molecule has 38 heavy (non-hydrogen) atoms. The Morgan fingerprint density at radius 1 is 1.11 bits per heavy atom. The summed E-state index contributed by atoms with van der Waals surface area (Å²) in [5.41, 5.74) is 4.43. The van der Waals surface area contributed by atoms with Crippen LogP contribution in [0.25, 0.3) is 0 Å². The number of hydrogen-bond donors (Lipinski definition) is 2. The van der Waals surface area contributed by atoms with Crippen LogP contribution in [0.5, 0.6) is 0 Å². The summed E-state index contributed by atoms with van der Waals surface area (Å²) in [6, 6.07) is 0. The van der Waals surface area contributed by atoms with Gasteiger partial charge < -0.3 is 14.3 Å². The van der Waals surface area contributed by atoms with Crippen molar-refractivity contribution < 1.29 is 23.4 Å². The minimum absolute atomic E-state index is 0.0781. The summed E-state index contributed by atoms with van der Waals surface area (Å²) in [4.78, 5) is 19.2. The largest absolute Gasteiger partial charge is 0.470 e. The number of nitrogens with zero attached hydrogens (tertiary/aromatic N) is 1. The highest BCUT2D eigenvalue weighted by Gasteiger charge is 2.50. The second-order valence-electron chi connectivity index (χ2n) is 14.5. The van der Waals surface area contributed by atoms with Gasteiger partial charge in [-0.25, -0.2) is 4.57 Å². The molecular formula is C32H57NO4P+. The number of fused-ring (bicyclic) bond motifs is 1. The van der Waals surface area contributed by atoms with E-state index in [1.807, 2.05) is 21.1 Å². The summed E-state index contributed by atoms with van der Waals surface area (Å²) in [6.07, 6.45) is 17.3. The molecule has 6 atom stereocenters. The summed E-state index contributed by atoms with van der Waals surface area (Å²) in [5.74, 6) is 3.18. The minimum atomic E-state index is -4.56. The number of quaternary nitrogens is 1. The molecule has 3 rings (SSSR count). The maximum absolute atomic E-state index is 11.8. The number of phosphoric ester groups is 1. The van der Waals surface area contributed by atoms with Crippen LogP contribution in [0.15, 0.2) is 35.5 Å². The summed E-state index contributed by atoms with van der Waals surface area (Å²) in [7, 11) is 1.57. The Kier molecular flexibility index (Phi) is 10.8. The van der Waals surface area contributed by atoms with Crippen LogP contribution < -0.4 is 0 Å². The van der Waals surface area contributed by atoms with E-state index in [-0.39, 0.29) is 5.92 Å². The van der Waals surface area contributed by atoms with Crippen molar-refractivity contribution in [1.29, 1.82) is 0 Å². The first-order chi connectivity index (χ1) is 17.6. The lowest BCUT2D eigenvalue weighted by Gasteiger charge is -2.44. The van der Waals surface area contributed by atoms with E-state index in [1.54, 1.807) is 5.57 Å². The van der Waals surface area contributed by atoms with Gasteiger partial charge in [-0.2, -0.15) is 0 Å². The van der Waals surface area contributed by atoms with Crippen molar-refractivity contribution in [2.45, 2.75) is 104 Å². The molecular weight excluding hydrogens is 493 g/mol. The van der Waals surface area contributed by atoms with E-state index < -0.39 is 13.9 Å². The van der Waals surface area contributed by atoms with Crippen LogP contribution in [0.1, 0.15) is 98.3 Å². The number of hydrogen-bond acceptors (Lipinski definition) is 2. The third-order valence-corrected chi connectivity index (χ3v) is 10.5. The first-order valence-corrected chi connectivity index (χ1v) is 16.7. The van der Waals surface area contributed by atoms with Crippen LogP contribution in [0.4, 0.5) is 0 Å². The maximum Gasteiger partial charge on any atom is 0.470 e. The molecule has 0 amide bonds. The molecule has 0 heterocycles. The fourth-order valence-corrected chi connectivity index (χ4v) is 8.60. The third kappa shape index (κ3) is 8.64. The molecule has 5 nitrogen and oxygen atoms in total. The molecule has 0 spiro atoms. The second-order valence-corrected chi connectivity index (χ2v) is 15.7. The molecule has 218 valence electrons. The fourth-order valence-electron chi connectivity index (χ4n) is 8.01. The molecule has 0 saturated heterocycles. The second kappa shape index (κ2) is 12.9. The van der Waals surface area contributed by atoms with E-state index in [4.69, 9.17) is 4.52 Å². The third-order valence-electron chi connectivity index (χ3n) is 9.94. The SMILES string of the molecule is C=C1CC[C@H](C(C[N+](C)(C)C)OP(=O)(O)O)C/C1=C/C=C1\CCC[C@]2(C)[C@@H]([C@H](C)CCCC(C)C)CC[C@@H]12. The van der Waals surface area contributed by atoms with Crippen molar-refractivity contribution >= 4 is 7.82 Å². The van der Waals surface area contributed by atoms with E-state index in [0.717, 1.165) is 37.0 Å². The van der Waals surface area contributed by atoms with E-state index in [9.17, 15) is 14.4 Å². The minimum Gasteiger partial charge on any atom is -0.329 e. The van der Waals surface area contributed by atoms with Crippen molar-refractivity contribution in [2.24, 2.45) is 35.0 Å². The molecule has 3 saturated carbocycles. The number of allylic oxidation sites excluding steroid dienone is 5. The highest BCUT2D eigenvalue weighted by molar-refractivity contribution is 7.46. The lowest BCUT2D eigenvalue weighted by Crippen LogP contribution is -2.45. The summed E-state index contributed by atoms with van der Waals surface area (Å²) in [6.45, 7) is 14.7. The van der Waals surface area contributed by atoms with Gasteiger partial charge >= 0.3 is 7.82 Å². The number of rotatable bonds is 11. The standard InChI is InChI=1S/C32H56NO4P/c1-23(2)11-9-12-25(4)29-18-19-30-26(13-10-20-32(29,30)5)16-17-27-21-28(15-14-24(27)3)31(22-33(6,7)8)37-38(34,35)36/h16-17,23,25,28-31H,3,9-15,18-22H2,1-2,4-8H3,(H-,34,35,36)/p+1/b26-16+,27-17-/t25-,28+,29-,30+,31?,32-/m1/s1. The molecule has 0 aromatic heterocycles. The number of phosphoric acid groups is 1. The van der Waals surface area contributed by atoms with Gasteiger partial charge in [0.2, 0.25) is 0 Å². The molecule has 0 aliphatic heterocycles. The molecule has 1 unspecified atom stereocenters. The Balaban J connectivity index is 1.75. The van der Waals surface area contributed by atoms with Crippen molar-refractivity contribution in [3.63, 3.8) is 0 Å². The molecule has 0 bridgehead atoms. The predicted octanol–water partition coefficient (Wildman–Crippen LogP) is 8.06. The zero-order valence-electron chi connectivity index (χ0n) is 25.4. The zero-order valence-corrected chi connectivity index (χ0v) is 26.3. The highest BCUT2D eigenvalue weighted by atomic mass is 31.2. The van der Waals surface area contributed by atoms with E-state index >= 15 is 0 Å². The normalized spacial score (nSPS) is 32.7. The van der Waals surface area contributed by atoms with Gasteiger partial charge in [0.15, 0.2) is 0 Å². The fraction of sp³-hybridized carbons (Fsp3) is 0.812. The van der Waals surface area contributed by atoms with Gasteiger partial charge in [-0.15, -0.1) is 0 Å². The highest BCUT2D eigenvalue weighted by Crippen LogP contribution is 2.60. The molecule has 0 aromatic rings. The van der Waals surface area contributed by atoms with Gasteiger partial charge in [-0.05, 0) is 91.9 Å². The molecule has 3 aliphatic rings. The lowest BCUT2D eigenvalue weighted by molar-refractivity contribution is -0.873. The molecule has 2 N–H and O–H groups in total. The van der Waals surface area contributed by atoms with Crippen LogP contribution in [0.2, 0.25) is 0 Å². The summed E-state index contributed by atoms with van der Waals surface area (Å²) < 4.78 is 17.7. The molecule has 3 aliphatic carbocycles. The van der Waals surface area contributed by atoms with Crippen LogP contribution >= 0.6 is 7.82 Å². The van der Waals surface area contributed by atoms with Gasteiger partial charge in [0.1, 0.15) is 12.6 Å². The van der Waals surface area contributed by atoms with Gasteiger partial charge in [0.25, 0.3) is 0 Å². The van der Waals surface area contributed by atoms with E-state index in [2.05, 4.69) is 46.4 Å². The van der Waals surface area contributed by atoms with Gasteiger partial charge in [-0.3, -0.25) is 4.52 Å². The molecule has 0 aromatic carbocycles. The smallest absolute Gasteiger partial charge is 0.329 e. The summed E-state index contributed by atoms with van der Waals surface area (Å²) >= 11 is 0. The van der Waals surface area contributed by atoms with Gasteiger partial charge in [0.05, 0.1) is 21.1 Å². The van der Waals surface area contributed by atoms with Crippen molar-refractivity contribution in [1.82, 2.24) is 0 Å². The Morgan fingerprint density at radius 3 is 2.45 bits per heavy atom. The Morgan fingerprint density at radius 2 is 1.82 bits per heavy atom. The number of likely N-dealkylation sites (N-methyl/N-ethyl adjacent to an activating group) is 1. The maximum atomic E-state index is 11.8. The Labute approximate surface area is 233 Å². The zero-order chi connectivity index (χ0) is 28.3. The van der Waals surface area contributed by atoms with Gasteiger partial charge in [0, 0.05) is 0 Å².